The molecule has 0 radical (unpaired) electrons. The Morgan fingerprint density at radius 3 is 2.50 bits per heavy atom. The third-order valence-corrected chi connectivity index (χ3v) is 3.64. The Labute approximate surface area is 102 Å². The van der Waals surface area contributed by atoms with E-state index in [4.69, 9.17) is 17.3 Å². The van der Waals surface area contributed by atoms with Gasteiger partial charge in [0.05, 0.1) is 0 Å². The fraction of sp³-hybridized carbons (Fsp3) is 0.538. The first-order chi connectivity index (χ1) is 7.79. The van der Waals surface area contributed by atoms with Crippen LogP contribution in [0.1, 0.15) is 30.7 Å². The minimum absolute atomic E-state index is 0.401. The molecule has 2 nitrogen and oxygen atoms in total. The van der Waals surface area contributed by atoms with Crippen molar-refractivity contribution in [3.8, 4) is 0 Å². The second-order valence-electron chi connectivity index (χ2n) is 4.52. The SMILES string of the molecule is NCC(CNC1CCC1)c1ccc(Cl)cc1. The molecule has 1 aliphatic rings. The summed E-state index contributed by atoms with van der Waals surface area (Å²) in [7, 11) is 0. The number of halogens is 1. The molecule has 0 aliphatic heterocycles. The molecule has 1 unspecified atom stereocenters. The molecule has 0 bridgehead atoms. The lowest BCUT2D eigenvalue weighted by Gasteiger charge is -2.28. The maximum absolute atomic E-state index is 5.87. The molecule has 3 heteroatoms. The van der Waals surface area contributed by atoms with Crippen LogP contribution in [0, 0.1) is 0 Å². The highest BCUT2D eigenvalue weighted by atomic mass is 35.5. The van der Waals surface area contributed by atoms with E-state index in [-0.39, 0.29) is 0 Å². The highest BCUT2D eigenvalue weighted by Crippen LogP contribution is 2.21. The summed E-state index contributed by atoms with van der Waals surface area (Å²) in [5.74, 6) is 0.401. The monoisotopic (exact) mass is 238 g/mol. The smallest absolute Gasteiger partial charge is 0.0406 e. The van der Waals surface area contributed by atoms with Gasteiger partial charge in [0.15, 0.2) is 0 Å². The van der Waals surface area contributed by atoms with E-state index in [1.807, 2.05) is 12.1 Å². The van der Waals surface area contributed by atoms with Gasteiger partial charge in [0.2, 0.25) is 0 Å². The minimum Gasteiger partial charge on any atom is -0.330 e. The number of rotatable bonds is 5. The Morgan fingerprint density at radius 1 is 1.31 bits per heavy atom. The summed E-state index contributed by atoms with van der Waals surface area (Å²) in [6.45, 7) is 1.66. The molecular formula is C13H19ClN2. The normalized spacial score (nSPS) is 18.1. The van der Waals surface area contributed by atoms with Gasteiger partial charge in [-0.2, -0.15) is 0 Å². The second kappa shape index (κ2) is 5.67. The zero-order valence-electron chi connectivity index (χ0n) is 9.45. The van der Waals surface area contributed by atoms with Crippen LogP contribution in [0.5, 0.6) is 0 Å². The molecule has 88 valence electrons. The van der Waals surface area contributed by atoms with E-state index in [2.05, 4.69) is 17.4 Å². The van der Waals surface area contributed by atoms with Crippen molar-refractivity contribution < 1.29 is 0 Å². The van der Waals surface area contributed by atoms with Gasteiger partial charge in [-0.05, 0) is 30.5 Å². The average molecular weight is 239 g/mol. The van der Waals surface area contributed by atoms with Crippen LogP contribution in [0.25, 0.3) is 0 Å². The van der Waals surface area contributed by atoms with E-state index in [9.17, 15) is 0 Å². The first-order valence-electron chi connectivity index (χ1n) is 5.98. The van der Waals surface area contributed by atoms with E-state index in [0.717, 1.165) is 17.6 Å². The molecule has 2 rings (SSSR count). The molecule has 0 aromatic heterocycles. The van der Waals surface area contributed by atoms with Crippen LogP contribution in [-0.4, -0.2) is 19.1 Å². The van der Waals surface area contributed by atoms with E-state index in [1.54, 1.807) is 0 Å². The summed E-state index contributed by atoms with van der Waals surface area (Å²) in [6, 6.07) is 8.73. The van der Waals surface area contributed by atoms with Crippen molar-refractivity contribution in [2.24, 2.45) is 5.73 Å². The highest BCUT2D eigenvalue weighted by molar-refractivity contribution is 6.30. The quantitative estimate of drug-likeness (QED) is 0.828. The zero-order valence-corrected chi connectivity index (χ0v) is 10.2. The number of nitrogens with two attached hydrogens (primary N) is 1. The number of nitrogens with one attached hydrogen (secondary N) is 1. The Morgan fingerprint density at radius 2 is 2.00 bits per heavy atom. The maximum Gasteiger partial charge on any atom is 0.0406 e. The first-order valence-corrected chi connectivity index (χ1v) is 6.36. The number of hydrogen-bond donors (Lipinski definition) is 2. The van der Waals surface area contributed by atoms with Crippen molar-refractivity contribution >= 4 is 11.6 Å². The van der Waals surface area contributed by atoms with Gasteiger partial charge in [-0.1, -0.05) is 30.2 Å². The van der Waals surface area contributed by atoms with Gasteiger partial charge in [-0.25, -0.2) is 0 Å². The predicted octanol–water partition coefficient (Wildman–Crippen LogP) is 2.52. The summed E-state index contributed by atoms with van der Waals surface area (Å²) in [5, 5.41) is 4.35. The molecule has 0 amide bonds. The van der Waals surface area contributed by atoms with Crippen molar-refractivity contribution in [1.82, 2.24) is 5.32 Å². The van der Waals surface area contributed by atoms with Crippen LogP contribution >= 0.6 is 11.6 Å². The third-order valence-electron chi connectivity index (χ3n) is 3.38. The fourth-order valence-electron chi connectivity index (χ4n) is 1.99. The van der Waals surface area contributed by atoms with Crippen molar-refractivity contribution in [2.45, 2.75) is 31.2 Å². The first kappa shape index (κ1) is 11.9. The molecule has 1 aromatic rings. The standard InChI is InChI=1S/C13H19ClN2/c14-12-6-4-10(5-7-12)11(8-15)9-16-13-2-1-3-13/h4-7,11,13,16H,1-3,8-9,15H2. The summed E-state index contributed by atoms with van der Waals surface area (Å²) in [4.78, 5) is 0. The number of hydrogen-bond acceptors (Lipinski definition) is 2. The van der Waals surface area contributed by atoms with Gasteiger partial charge in [0, 0.05) is 30.1 Å². The predicted molar refractivity (Wildman–Crippen MR) is 68.9 cm³/mol. The van der Waals surface area contributed by atoms with Crippen LogP contribution in [0.4, 0.5) is 0 Å². The molecule has 0 heterocycles. The largest absolute Gasteiger partial charge is 0.330 e. The molecule has 1 aliphatic carbocycles. The van der Waals surface area contributed by atoms with Crippen LogP contribution < -0.4 is 11.1 Å². The zero-order chi connectivity index (χ0) is 11.4. The van der Waals surface area contributed by atoms with Gasteiger partial charge < -0.3 is 11.1 Å². The summed E-state index contributed by atoms with van der Waals surface area (Å²) in [6.07, 6.45) is 4.00. The molecular weight excluding hydrogens is 220 g/mol. The lowest BCUT2D eigenvalue weighted by Crippen LogP contribution is -2.39. The van der Waals surface area contributed by atoms with Crippen molar-refractivity contribution in [1.29, 1.82) is 0 Å². The maximum atomic E-state index is 5.87. The van der Waals surface area contributed by atoms with Crippen LogP contribution in [0.2, 0.25) is 5.02 Å². The molecule has 3 N–H and O–H groups in total. The molecule has 16 heavy (non-hydrogen) atoms. The molecule has 1 atom stereocenters. The molecule has 0 saturated heterocycles. The summed E-state index contributed by atoms with van der Waals surface area (Å²) in [5.41, 5.74) is 7.09. The topological polar surface area (TPSA) is 38.0 Å². The minimum atomic E-state index is 0.401. The van der Waals surface area contributed by atoms with E-state index < -0.39 is 0 Å². The third kappa shape index (κ3) is 2.97. The van der Waals surface area contributed by atoms with Crippen molar-refractivity contribution in [2.75, 3.05) is 13.1 Å². The van der Waals surface area contributed by atoms with Gasteiger partial charge in [-0.3, -0.25) is 0 Å². The van der Waals surface area contributed by atoms with Crippen LogP contribution in [0.3, 0.4) is 0 Å². The summed E-state index contributed by atoms with van der Waals surface area (Å²) >= 11 is 5.87. The van der Waals surface area contributed by atoms with Gasteiger partial charge in [-0.15, -0.1) is 0 Å². The van der Waals surface area contributed by atoms with E-state index in [1.165, 1.54) is 24.8 Å². The van der Waals surface area contributed by atoms with Gasteiger partial charge in [0.25, 0.3) is 0 Å². The molecule has 1 fully saturated rings. The Balaban J connectivity index is 1.90. The Bertz CT molecular complexity index is 319. The lowest BCUT2D eigenvalue weighted by molar-refractivity contribution is 0.332. The van der Waals surface area contributed by atoms with Crippen LogP contribution in [0.15, 0.2) is 24.3 Å². The molecule has 1 aromatic carbocycles. The highest BCUT2D eigenvalue weighted by Gasteiger charge is 2.18. The average Bonchev–Trinajstić information content (AvgIpc) is 2.24. The summed E-state index contributed by atoms with van der Waals surface area (Å²) < 4.78 is 0. The Hall–Kier alpha value is -0.570. The van der Waals surface area contributed by atoms with Gasteiger partial charge >= 0.3 is 0 Å². The lowest BCUT2D eigenvalue weighted by atomic mass is 9.91. The van der Waals surface area contributed by atoms with Crippen LogP contribution in [-0.2, 0) is 0 Å². The second-order valence-corrected chi connectivity index (χ2v) is 4.96. The number of benzene rings is 1. The molecule has 1 saturated carbocycles. The van der Waals surface area contributed by atoms with Crippen molar-refractivity contribution in [3.05, 3.63) is 34.9 Å². The fourth-order valence-corrected chi connectivity index (χ4v) is 2.12. The molecule has 0 spiro atoms. The Kier molecular flexibility index (Phi) is 4.22. The van der Waals surface area contributed by atoms with Crippen molar-refractivity contribution in [3.63, 3.8) is 0 Å². The van der Waals surface area contributed by atoms with E-state index in [0.29, 0.717) is 12.5 Å². The van der Waals surface area contributed by atoms with E-state index >= 15 is 0 Å². The van der Waals surface area contributed by atoms with Gasteiger partial charge in [0.1, 0.15) is 0 Å².